The van der Waals surface area contributed by atoms with E-state index in [1.165, 1.54) is 6.20 Å². The Morgan fingerprint density at radius 1 is 1.07 bits per heavy atom. The quantitative estimate of drug-likeness (QED) is 0.454. The fraction of sp³-hybridized carbons (Fsp3) is 0.143. The molecule has 0 spiro atoms. The van der Waals surface area contributed by atoms with Crippen molar-refractivity contribution >= 4 is 22.5 Å². The van der Waals surface area contributed by atoms with Crippen LogP contribution in [0.2, 0.25) is 5.02 Å². The minimum Gasteiger partial charge on any atom is -0.324 e. The van der Waals surface area contributed by atoms with Gasteiger partial charge in [-0.15, -0.1) is 0 Å². The average molecular weight is 384 g/mol. The SMILES string of the molecule is Cc1nc(-c2cccc(Cl)c2)n(Cc2ccnc3c(F)c(F)ccc23)c1C. The summed E-state index contributed by atoms with van der Waals surface area (Å²) in [4.78, 5) is 8.69. The van der Waals surface area contributed by atoms with Crippen LogP contribution in [0.5, 0.6) is 0 Å². The Bertz CT molecular complexity index is 1170. The van der Waals surface area contributed by atoms with Crippen molar-refractivity contribution in [1.82, 2.24) is 14.5 Å². The third kappa shape index (κ3) is 3.08. The molecular weight excluding hydrogens is 368 g/mol. The monoisotopic (exact) mass is 383 g/mol. The second-order valence-electron chi connectivity index (χ2n) is 6.43. The van der Waals surface area contributed by atoms with E-state index in [9.17, 15) is 8.78 Å². The van der Waals surface area contributed by atoms with E-state index in [1.807, 2.05) is 44.2 Å². The number of rotatable bonds is 3. The van der Waals surface area contributed by atoms with Crippen molar-refractivity contribution in [3.63, 3.8) is 0 Å². The molecule has 0 amide bonds. The molecule has 4 rings (SSSR count). The second-order valence-corrected chi connectivity index (χ2v) is 6.87. The number of hydrogen-bond donors (Lipinski definition) is 0. The summed E-state index contributed by atoms with van der Waals surface area (Å²) >= 11 is 6.14. The van der Waals surface area contributed by atoms with Crippen molar-refractivity contribution in [3.05, 3.63) is 82.3 Å². The molecule has 0 fully saturated rings. The highest BCUT2D eigenvalue weighted by atomic mass is 35.5. The number of halogens is 3. The Morgan fingerprint density at radius 2 is 1.89 bits per heavy atom. The zero-order chi connectivity index (χ0) is 19.1. The van der Waals surface area contributed by atoms with Gasteiger partial charge in [-0.2, -0.15) is 0 Å². The van der Waals surface area contributed by atoms with E-state index in [0.29, 0.717) is 17.0 Å². The summed E-state index contributed by atoms with van der Waals surface area (Å²) in [6, 6.07) is 12.0. The lowest BCUT2D eigenvalue weighted by Crippen LogP contribution is -2.06. The lowest BCUT2D eigenvalue weighted by Gasteiger charge is -2.13. The van der Waals surface area contributed by atoms with Gasteiger partial charge in [-0.05, 0) is 49.7 Å². The van der Waals surface area contributed by atoms with Crippen LogP contribution < -0.4 is 0 Å². The fourth-order valence-electron chi connectivity index (χ4n) is 3.22. The Hall–Kier alpha value is -2.79. The molecule has 0 saturated heterocycles. The molecule has 0 bridgehead atoms. The highest BCUT2D eigenvalue weighted by Gasteiger charge is 2.16. The van der Waals surface area contributed by atoms with Crippen LogP contribution in [0.3, 0.4) is 0 Å². The zero-order valence-corrected chi connectivity index (χ0v) is 15.6. The normalized spacial score (nSPS) is 11.3. The number of benzene rings is 2. The minimum absolute atomic E-state index is 0.0336. The van der Waals surface area contributed by atoms with Gasteiger partial charge < -0.3 is 4.57 Å². The summed E-state index contributed by atoms with van der Waals surface area (Å²) in [5.41, 5.74) is 3.67. The topological polar surface area (TPSA) is 30.7 Å². The lowest BCUT2D eigenvalue weighted by atomic mass is 10.1. The summed E-state index contributed by atoms with van der Waals surface area (Å²) in [5.74, 6) is -1.05. The number of imidazole rings is 1. The van der Waals surface area contributed by atoms with Gasteiger partial charge in [0.1, 0.15) is 11.3 Å². The molecule has 0 aliphatic rings. The Kier molecular flexibility index (Phi) is 4.40. The number of nitrogens with zero attached hydrogens (tertiary/aromatic N) is 3. The molecular formula is C21H16ClF2N3. The second kappa shape index (κ2) is 6.74. The number of hydrogen-bond acceptors (Lipinski definition) is 2. The molecule has 6 heteroatoms. The van der Waals surface area contributed by atoms with Crippen LogP contribution in [0, 0.1) is 25.5 Å². The van der Waals surface area contributed by atoms with Gasteiger partial charge in [0.2, 0.25) is 0 Å². The van der Waals surface area contributed by atoms with Crippen LogP contribution >= 0.6 is 11.6 Å². The van der Waals surface area contributed by atoms with E-state index >= 15 is 0 Å². The van der Waals surface area contributed by atoms with Crippen molar-refractivity contribution in [2.75, 3.05) is 0 Å². The number of aryl methyl sites for hydroxylation is 1. The van der Waals surface area contributed by atoms with Crippen molar-refractivity contribution in [1.29, 1.82) is 0 Å². The first kappa shape index (κ1) is 17.6. The number of aromatic nitrogens is 3. The Balaban J connectivity index is 1.87. The maximum atomic E-state index is 14.1. The third-order valence-corrected chi connectivity index (χ3v) is 5.00. The first-order chi connectivity index (χ1) is 13.0. The first-order valence-electron chi connectivity index (χ1n) is 8.47. The Labute approximate surface area is 160 Å². The highest BCUT2D eigenvalue weighted by Crippen LogP contribution is 2.28. The summed E-state index contributed by atoms with van der Waals surface area (Å²) in [7, 11) is 0. The van der Waals surface area contributed by atoms with Gasteiger partial charge in [-0.3, -0.25) is 4.98 Å². The van der Waals surface area contributed by atoms with Gasteiger partial charge in [-0.1, -0.05) is 23.7 Å². The molecule has 0 saturated carbocycles. The Morgan fingerprint density at radius 3 is 2.67 bits per heavy atom. The molecule has 0 N–H and O–H groups in total. The van der Waals surface area contributed by atoms with E-state index in [4.69, 9.17) is 11.6 Å². The molecule has 0 aliphatic heterocycles. The molecule has 4 aromatic rings. The lowest BCUT2D eigenvalue weighted by molar-refractivity contribution is 0.515. The first-order valence-corrected chi connectivity index (χ1v) is 8.84. The van der Waals surface area contributed by atoms with Gasteiger partial charge in [0.05, 0.1) is 12.2 Å². The van der Waals surface area contributed by atoms with Crippen LogP contribution in [0.1, 0.15) is 17.0 Å². The van der Waals surface area contributed by atoms with Gasteiger partial charge >= 0.3 is 0 Å². The predicted octanol–water partition coefficient (Wildman–Crippen LogP) is 5.70. The summed E-state index contributed by atoms with van der Waals surface area (Å²) < 4.78 is 29.7. The van der Waals surface area contributed by atoms with Crippen LogP contribution in [0.25, 0.3) is 22.3 Å². The molecule has 2 heterocycles. The van der Waals surface area contributed by atoms with E-state index in [-0.39, 0.29) is 5.52 Å². The molecule has 3 nitrogen and oxygen atoms in total. The predicted molar refractivity (Wildman–Crippen MR) is 103 cm³/mol. The molecule has 136 valence electrons. The molecule has 2 aromatic carbocycles. The summed E-state index contributed by atoms with van der Waals surface area (Å²) in [5, 5.41) is 1.21. The minimum atomic E-state index is -0.928. The van der Waals surface area contributed by atoms with Crippen molar-refractivity contribution < 1.29 is 8.78 Å². The smallest absolute Gasteiger partial charge is 0.184 e. The maximum absolute atomic E-state index is 14.1. The molecule has 0 aliphatic carbocycles. The maximum Gasteiger partial charge on any atom is 0.184 e. The van der Waals surface area contributed by atoms with E-state index in [0.717, 1.165) is 34.4 Å². The van der Waals surface area contributed by atoms with Crippen molar-refractivity contribution in [2.45, 2.75) is 20.4 Å². The van der Waals surface area contributed by atoms with Crippen LogP contribution in [0.4, 0.5) is 8.78 Å². The number of pyridine rings is 1. The largest absolute Gasteiger partial charge is 0.324 e. The summed E-state index contributed by atoms with van der Waals surface area (Å²) in [6.07, 6.45) is 1.50. The standard InChI is InChI=1S/C21H16ClF2N3/c1-12-13(2)27(21(26-12)14-4-3-5-16(22)10-14)11-15-8-9-25-20-17(15)6-7-18(23)19(20)24/h3-10H,11H2,1-2H3. The average Bonchev–Trinajstić information content (AvgIpc) is 2.93. The summed E-state index contributed by atoms with van der Waals surface area (Å²) in [6.45, 7) is 4.39. The van der Waals surface area contributed by atoms with Crippen LogP contribution in [-0.2, 0) is 6.54 Å². The van der Waals surface area contributed by atoms with Crippen molar-refractivity contribution in [3.8, 4) is 11.4 Å². The molecule has 0 unspecified atom stereocenters. The van der Waals surface area contributed by atoms with Gasteiger partial charge in [0.25, 0.3) is 0 Å². The van der Waals surface area contributed by atoms with Crippen LogP contribution in [0.15, 0.2) is 48.7 Å². The highest BCUT2D eigenvalue weighted by molar-refractivity contribution is 6.30. The van der Waals surface area contributed by atoms with E-state index in [2.05, 4.69) is 14.5 Å². The fourth-order valence-corrected chi connectivity index (χ4v) is 3.41. The zero-order valence-electron chi connectivity index (χ0n) is 14.8. The molecule has 0 radical (unpaired) electrons. The number of fused-ring (bicyclic) bond motifs is 1. The van der Waals surface area contributed by atoms with Crippen molar-refractivity contribution in [2.24, 2.45) is 0 Å². The van der Waals surface area contributed by atoms with Crippen LogP contribution in [-0.4, -0.2) is 14.5 Å². The van der Waals surface area contributed by atoms with E-state index in [1.54, 1.807) is 6.07 Å². The molecule has 0 atom stereocenters. The van der Waals surface area contributed by atoms with E-state index < -0.39 is 11.6 Å². The molecule has 27 heavy (non-hydrogen) atoms. The van der Waals surface area contributed by atoms with Gasteiger partial charge in [0.15, 0.2) is 11.6 Å². The van der Waals surface area contributed by atoms with Gasteiger partial charge in [-0.25, -0.2) is 13.8 Å². The van der Waals surface area contributed by atoms with Gasteiger partial charge in [0, 0.05) is 27.9 Å². The molecule has 2 aromatic heterocycles. The third-order valence-electron chi connectivity index (χ3n) is 4.76.